The molecule has 8 nitrogen and oxygen atoms in total. The second kappa shape index (κ2) is 12.7. The number of terminal acetylenes is 1. The largest absolute Gasteiger partial charge is 1.00 e. The normalized spacial score (nSPS) is 42.3. The Morgan fingerprint density at radius 1 is 1.02 bits per heavy atom. The molecule has 0 radical (unpaired) electrons. The van der Waals surface area contributed by atoms with Crippen molar-refractivity contribution in [2.45, 2.75) is 112 Å². The van der Waals surface area contributed by atoms with Crippen LogP contribution in [0.3, 0.4) is 0 Å². The molecule has 0 aromatic heterocycles. The van der Waals surface area contributed by atoms with Gasteiger partial charge in [-0.25, -0.2) is 0 Å². The molecule has 5 aliphatic carbocycles. The van der Waals surface area contributed by atoms with Crippen molar-refractivity contribution in [3.05, 3.63) is 11.6 Å². The van der Waals surface area contributed by atoms with Gasteiger partial charge in [0, 0.05) is 11.3 Å². The smallest absolute Gasteiger partial charge is 0.548 e. The molecular weight excluding hydrogens is 608 g/mol. The fourth-order valence-electron chi connectivity index (χ4n) is 11.5. The van der Waals surface area contributed by atoms with Crippen LogP contribution in [0.15, 0.2) is 11.6 Å². The van der Waals surface area contributed by atoms with Gasteiger partial charge in [-0.3, -0.25) is 14.4 Å². The van der Waals surface area contributed by atoms with Crippen molar-refractivity contribution in [1.29, 1.82) is 0 Å². The van der Waals surface area contributed by atoms with Crippen LogP contribution in [0.1, 0.15) is 106 Å². The summed E-state index contributed by atoms with van der Waals surface area (Å²) >= 11 is 0. The number of carbonyl (C=O) groups is 4. The van der Waals surface area contributed by atoms with Gasteiger partial charge in [0.05, 0.1) is 25.2 Å². The minimum Gasteiger partial charge on any atom is -0.548 e. The molecule has 0 spiro atoms. The van der Waals surface area contributed by atoms with Crippen LogP contribution in [0.4, 0.5) is 0 Å². The van der Waals surface area contributed by atoms with Crippen LogP contribution < -0.4 is 61.8 Å². The van der Waals surface area contributed by atoms with Crippen LogP contribution in [0, 0.1) is 62.6 Å². The van der Waals surface area contributed by atoms with E-state index in [0.29, 0.717) is 19.3 Å². The van der Waals surface area contributed by atoms with Crippen LogP contribution in [0.2, 0.25) is 0 Å². The third kappa shape index (κ3) is 5.73. The summed E-state index contributed by atoms with van der Waals surface area (Å²) in [6.45, 7) is 14.7. The molecule has 0 bridgehead atoms. The number of nitrogens with zero attached hydrogens (tertiary/aromatic N) is 1. The van der Waals surface area contributed by atoms with Gasteiger partial charge in [0.1, 0.15) is 6.54 Å². The van der Waals surface area contributed by atoms with Gasteiger partial charge in [0.25, 0.3) is 0 Å². The van der Waals surface area contributed by atoms with Crippen molar-refractivity contribution in [2.24, 2.45) is 50.2 Å². The second-order valence-corrected chi connectivity index (χ2v) is 17.1. The van der Waals surface area contributed by atoms with Gasteiger partial charge in [-0.2, -0.15) is 0 Å². The van der Waals surface area contributed by atoms with Gasteiger partial charge in [-0.1, -0.05) is 60.0 Å². The minimum absolute atomic E-state index is 0. The molecule has 0 unspecified atom stereocenters. The Hall–Kier alpha value is -1.02. The summed E-state index contributed by atoms with van der Waals surface area (Å²) in [7, 11) is 0. The Morgan fingerprint density at radius 3 is 2.30 bits per heavy atom. The number of hydrogen-bond acceptors (Lipinski definition) is 6. The van der Waals surface area contributed by atoms with Crippen LogP contribution in [-0.2, 0) is 19.2 Å². The molecule has 46 heavy (non-hydrogen) atoms. The van der Waals surface area contributed by atoms with Crippen molar-refractivity contribution in [3.63, 3.8) is 0 Å². The number of aliphatic carboxylic acids is 1. The zero-order valence-corrected chi connectivity index (χ0v) is 32.5. The van der Waals surface area contributed by atoms with Gasteiger partial charge in [-0.15, -0.1) is 6.42 Å². The minimum atomic E-state index is -1.41. The number of aliphatic hydroxyl groups is 1. The predicted octanol–water partition coefficient (Wildman–Crippen LogP) is 0.660. The van der Waals surface area contributed by atoms with E-state index in [1.807, 2.05) is 13.0 Å². The van der Waals surface area contributed by atoms with Crippen molar-refractivity contribution < 1.29 is 80.8 Å². The van der Waals surface area contributed by atoms with E-state index >= 15 is 0 Å². The number of hydrogen-bond donors (Lipinski definition) is 2. The van der Waals surface area contributed by atoms with E-state index in [-0.39, 0.29) is 127 Å². The number of fused-ring (bicyclic) bond motifs is 7. The average Bonchev–Trinajstić information content (AvgIpc) is 2.95. The number of carbonyl (C=O) groups excluding carboxylic acids is 4. The first kappa shape index (κ1) is 37.8. The van der Waals surface area contributed by atoms with Crippen molar-refractivity contribution in [1.82, 2.24) is 10.2 Å². The van der Waals surface area contributed by atoms with Gasteiger partial charge in [0.15, 0.2) is 5.78 Å². The molecule has 248 valence electrons. The van der Waals surface area contributed by atoms with E-state index in [0.717, 1.165) is 38.5 Å². The fraction of sp³-hybridized carbons (Fsp3) is 0.784. The maximum Gasteiger partial charge on any atom is 1.00 e. The molecule has 9 heteroatoms. The van der Waals surface area contributed by atoms with Gasteiger partial charge in [-0.05, 0) is 103 Å². The first-order valence-corrected chi connectivity index (χ1v) is 16.9. The number of ketones is 1. The number of rotatable bonds is 6. The Morgan fingerprint density at radius 2 is 1.67 bits per heavy atom. The Balaban J connectivity index is 0.00000480. The zero-order valence-electron chi connectivity index (χ0n) is 29.4. The molecule has 4 fully saturated rings. The number of carboxylic acids is 1. The van der Waals surface area contributed by atoms with Crippen LogP contribution in [0.25, 0.3) is 0 Å². The molecule has 9 atom stereocenters. The molecule has 5 rings (SSSR count). The summed E-state index contributed by atoms with van der Waals surface area (Å²) in [5, 5.41) is 24.1. The molecule has 2 amide bonds. The summed E-state index contributed by atoms with van der Waals surface area (Å²) in [6.07, 6.45) is 14.8. The molecule has 5 aliphatic rings. The van der Waals surface area contributed by atoms with Crippen molar-refractivity contribution in [2.75, 3.05) is 19.6 Å². The Labute approximate surface area is 318 Å². The SMILES string of the molecule is C#CCN(CC(=O)NCC(=O)[O-])C(=O)[C@@]1(C)CC[C@]2(C)CC[C@]3(C)C(=CC(=O)[C@@H]4[C@@]5(C)CC[C@H](O)C(C)(C)[C@@H]5CC[C@]43C)[C@@H]2C1.[K+]. The maximum atomic E-state index is 14.6. The van der Waals surface area contributed by atoms with Gasteiger partial charge >= 0.3 is 51.4 Å². The van der Waals surface area contributed by atoms with Crippen molar-refractivity contribution in [3.8, 4) is 12.3 Å². The third-order valence-electron chi connectivity index (χ3n) is 14.4. The number of carboxylic acid groups (broad SMARTS) is 1. The average molecular weight is 661 g/mol. The molecule has 0 aliphatic heterocycles. The topological polar surface area (TPSA) is 127 Å². The first-order chi connectivity index (χ1) is 20.8. The number of amides is 2. The summed E-state index contributed by atoms with van der Waals surface area (Å²) < 4.78 is 0. The van der Waals surface area contributed by atoms with Crippen LogP contribution in [-0.4, -0.2) is 59.3 Å². The fourth-order valence-corrected chi connectivity index (χ4v) is 11.5. The maximum absolute atomic E-state index is 14.6. The standard InChI is InChI=1S/C37H54N2O6.K/c1-9-18-39(22-28(42)38-21-29(43)44)31(45)34(5)15-14-33(4)16-17-36(7)23(24(33)20-34)19-25(40)30-35(6)12-11-27(41)32(2,3)26(35)10-13-37(30,36)8;/h1,19,24,26-27,30,41H,10-18,20-22H2,2-8H3,(H,38,42)(H,43,44);/q;+1/p-1/t24-,26-,27-,30+,33+,34-,35-,36+,37+;/m0./s1. The summed E-state index contributed by atoms with van der Waals surface area (Å²) in [4.78, 5) is 53.4. The summed E-state index contributed by atoms with van der Waals surface area (Å²) in [5.74, 6) is 0.684. The van der Waals surface area contributed by atoms with E-state index in [1.54, 1.807) is 0 Å². The third-order valence-corrected chi connectivity index (χ3v) is 14.4. The Bertz CT molecular complexity index is 1370. The van der Waals surface area contributed by atoms with E-state index in [4.69, 9.17) is 6.42 Å². The number of nitrogens with one attached hydrogen (secondary N) is 1. The molecule has 0 aromatic carbocycles. The summed E-state index contributed by atoms with van der Waals surface area (Å²) in [5.41, 5.74) is -0.508. The van der Waals surface area contributed by atoms with E-state index in [2.05, 4.69) is 52.8 Å². The Kier molecular flexibility index (Phi) is 10.4. The van der Waals surface area contributed by atoms with Gasteiger partial charge in [0.2, 0.25) is 11.8 Å². The zero-order chi connectivity index (χ0) is 33.4. The molecule has 4 saturated carbocycles. The molecule has 0 aromatic rings. The molecular formula is C37H53KN2O6. The van der Waals surface area contributed by atoms with Crippen molar-refractivity contribution >= 4 is 23.6 Å². The van der Waals surface area contributed by atoms with Crippen LogP contribution >= 0.6 is 0 Å². The first-order valence-electron chi connectivity index (χ1n) is 16.9. The monoisotopic (exact) mass is 660 g/mol. The number of allylic oxidation sites excluding steroid dienone is 2. The van der Waals surface area contributed by atoms with Gasteiger partial charge < -0.3 is 25.2 Å². The quantitative estimate of drug-likeness (QED) is 0.319. The predicted molar refractivity (Wildman–Crippen MR) is 169 cm³/mol. The van der Waals surface area contributed by atoms with E-state index < -0.39 is 23.8 Å². The van der Waals surface area contributed by atoms with E-state index in [1.165, 1.54) is 10.5 Å². The second-order valence-electron chi connectivity index (χ2n) is 17.1. The van der Waals surface area contributed by atoms with E-state index in [9.17, 15) is 29.4 Å². The molecule has 2 N–H and O–H groups in total. The molecule has 0 saturated heterocycles. The molecule has 0 heterocycles. The van der Waals surface area contributed by atoms with Crippen LogP contribution in [0.5, 0.6) is 0 Å². The number of aliphatic hydroxyl groups excluding tert-OH is 1. The summed E-state index contributed by atoms with van der Waals surface area (Å²) in [6, 6.07) is 0.